The number of benzene rings is 1. The van der Waals surface area contributed by atoms with Crippen LogP contribution in [0, 0.1) is 0 Å². The van der Waals surface area contributed by atoms with Crippen molar-refractivity contribution in [3.63, 3.8) is 0 Å². The monoisotopic (exact) mass is 307 g/mol. The van der Waals surface area contributed by atoms with Crippen LogP contribution in [-0.4, -0.2) is 42.5 Å². The van der Waals surface area contributed by atoms with E-state index in [1.165, 1.54) is 6.92 Å². The first-order valence-corrected chi connectivity index (χ1v) is 6.92. The highest BCUT2D eigenvalue weighted by Gasteiger charge is 2.29. The van der Waals surface area contributed by atoms with E-state index in [1.54, 1.807) is 11.9 Å². The molecule has 0 aliphatic carbocycles. The molecule has 1 aromatic rings. The fraction of sp³-hybridized carbons (Fsp3) is 0.400. The van der Waals surface area contributed by atoms with Gasteiger partial charge in [0.15, 0.2) is 6.10 Å². The number of likely N-dealkylation sites (N-methyl/N-ethyl adjacent to an activating group) is 1. The Balaban J connectivity index is 2.85. The fourth-order valence-corrected chi connectivity index (χ4v) is 1.90. The lowest BCUT2D eigenvalue weighted by Crippen LogP contribution is -2.43. The second kappa shape index (κ2) is 8.14. The maximum atomic E-state index is 12.4. The van der Waals surface area contributed by atoms with Crippen LogP contribution < -0.4 is 11.1 Å². The Morgan fingerprint density at radius 1 is 1.27 bits per heavy atom. The third-order valence-electron chi connectivity index (χ3n) is 3.19. The van der Waals surface area contributed by atoms with Gasteiger partial charge < -0.3 is 10.5 Å². The van der Waals surface area contributed by atoms with Crippen molar-refractivity contribution in [2.45, 2.75) is 26.0 Å². The molecule has 7 heteroatoms. The predicted octanol–water partition coefficient (Wildman–Crippen LogP) is 0.806. The van der Waals surface area contributed by atoms with Crippen molar-refractivity contribution in [3.8, 4) is 0 Å². The number of primary amides is 1. The molecule has 1 rings (SSSR count). The smallest absolute Gasteiger partial charge is 0.328 e. The van der Waals surface area contributed by atoms with Crippen molar-refractivity contribution in [1.82, 2.24) is 10.2 Å². The van der Waals surface area contributed by atoms with Gasteiger partial charge in [-0.05, 0) is 26.1 Å². The van der Waals surface area contributed by atoms with Crippen LogP contribution in [0.4, 0.5) is 4.79 Å². The summed E-state index contributed by atoms with van der Waals surface area (Å²) in [6.07, 6.45) is -1.11. The van der Waals surface area contributed by atoms with Crippen LogP contribution in [0.15, 0.2) is 30.3 Å². The summed E-state index contributed by atoms with van der Waals surface area (Å²) in [5, 5.41) is 1.88. The summed E-state index contributed by atoms with van der Waals surface area (Å²) in [4.78, 5) is 36.4. The number of amides is 3. The lowest BCUT2D eigenvalue weighted by Gasteiger charge is -2.26. The molecule has 0 heterocycles. The maximum Gasteiger partial charge on any atom is 0.328 e. The highest BCUT2D eigenvalue weighted by molar-refractivity contribution is 5.96. The quantitative estimate of drug-likeness (QED) is 0.757. The van der Waals surface area contributed by atoms with Crippen LogP contribution in [-0.2, 0) is 14.3 Å². The molecule has 1 aromatic carbocycles. The van der Waals surface area contributed by atoms with E-state index in [9.17, 15) is 14.4 Å². The molecule has 0 bridgehead atoms. The number of ether oxygens (including phenoxy) is 1. The van der Waals surface area contributed by atoms with Gasteiger partial charge in [0.05, 0.1) is 0 Å². The predicted molar refractivity (Wildman–Crippen MR) is 80.8 cm³/mol. The molecule has 0 fully saturated rings. The van der Waals surface area contributed by atoms with Gasteiger partial charge in [-0.2, -0.15) is 0 Å². The minimum atomic E-state index is -1.11. The number of imide groups is 1. The molecule has 3 N–H and O–H groups in total. The highest BCUT2D eigenvalue weighted by atomic mass is 16.5. The zero-order valence-corrected chi connectivity index (χ0v) is 12.9. The normalized spacial score (nSPS) is 13.3. The molecular formula is C15H21N3O4. The van der Waals surface area contributed by atoms with E-state index in [2.05, 4.69) is 0 Å². The number of carbonyl (C=O) groups is 3. The average molecular weight is 307 g/mol. The molecule has 7 nitrogen and oxygen atoms in total. The minimum absolute atomic E-state index is 0.567. The van der Waals surface area contributed by atoms with E-state index in [0.717, 1.165) is 5.56 Å². The zero-order valence-electron chi connectivity index (χ0n) is 12.9. The van der Waals surface area contributed by atoms with Gasteiger partial charge in [-0.3, -0.25) is 15.0 Å². The summed E-state index contributed by atoms with van der Waals surface area (Å²) < 4.78 is 5.15. The molecular weight excluding hydrogens is 286 g/mol. The second-order valence-corrected chi connectivity index (χ2v) is 4.82. The van der Waals surface area contributed by atoms with Crippen LogP contribution in [0.1, 0.15) is 25.5 Å². The highest BCUT2D eigenvalue weighted by Crippen LogP contribution is 2.21. The van der Waals surface area contributed by atoms with Gasteiger partial charge in [0.1, 0.15) is 6.04 Å². The second-order valence-electron chi connectivity index (χ2n) is 4.82. The number of hydrogen-bond donors (Lipinski definition) is 2. The molecule has 0 unspecified atom stereocenters. The Kier molecular flexibility index (Phi) is 6.52. The minimum Gasteiger partial charge on any atom is -0.451 e. The van der Waals surface area contributed by atoms with Crippen LogP contribution >= 0.6 is 0 Å². The van der Waals surface area contributed by atoms with Crippen molar-refractivity contribution in [3.05, 3.63) is 35.9 Å². The molecule has 0 saturated heterocycles. The van der Waals surface area contributed by atoms with Crippen molar-refractivity contribution in [2.24, 2.45) is 5.73 Å². The molecule has 0 radical (unpaired) electrons. The Hall–Kier alpha value is -2.41. The van der Waals surface area contributed by atoms with E-state index in [4.69, 9.17) is 10.5 Å². The number of nitrogens with two attached hydrogens (primary N) is 1. The molecule has 0 aromatic heterocycles. The first-order chi connectivity index (χ1) is 10.4. The van der Waals surface area contributed by atoms with E-state index in [1.807, 2.05) is 42.6 Å². The van der Waals surface area contributed by atoms with Crippen molar-refractivity contribution in [1.29, 1.82) is 0 Å². The van der Waals surface area contributed by atoms with Crippen LogP contribution in [0.25, 0.3) is 0 Å². The molecule has 2 atom stereocenters. The summed E-state index contributed by atoms with van der Waals surface area (Å²) in [7, 11) is 1.78. The van der Waals surface area contributed by atoms with E-state index < -0.39 is 30.1 Å². The summed E-state index contributed by atoms with van der Waals surface area (Å²) in [5.41, 5.74) is 5.63. The lowest BCUT2D eigenvalue weighted by atomic mass is 10.1. The van der Waals surface area contributed by atoms with Crippen molar-refractivity contribution < 1.29 is 19.1 Å². The van der Waals surface area contributed by atoms with Gasteiger partial charge in [-0.1, -0.05) is 37.3 Å². The standard InChI is InChI=1S/C15H21N3O4/c1-4-18(3)12(11-8-6-5-7-9-11)14(20)22-10(2)13(19)17-15(16)21/h5-10,12H,4H2,1-3H3,(H3,16,17,19,21)/t10-,12+/m0/s1. The summed E-state index contributed by atoms with van der Waals surface area (Å²) in [6, 6.07) is 7.50. The topological polar surface area (TPSA) is 102 Å². The number of urea groups is 1. The van der Waals surface area contributed by atoms with E-state index in [-0.39, 0.29) is 0 Å². The SMILES string of the molecule is CCN(C)[C@@H](C(=O)O[C@@H](C)C(=O)NC(N)=O)c1ccccc1. The lowest BCUT2D eigenvalue weighted by molar-refractivity contribution is -0.159. The first-order valence-electron chi connectivity index (χ1n) is 6.92. The largest absolute Gasteiger partial charge is 0.451 e. The molecule has 120 valence electrons. The van der Waals surface area contributed by atoms with Gasteiger partial charge in [0, 0.05) is 0 Å². The molecule has 3 amide bonds. The Bertz CT molecular complexity index is 533. The molecule has 0 saturated carbocycles. The third kappa shape index (κ3) is 4.85. The summed E-state index contributed by atoms with van der Waals surface area (Å²) in [5.74, 6) is -1.32. The van der Waals surface area contributed by atoms with Crippen molar-refractivity contribution in [2.75, 3.05) is 13.6 Å². The molecule has 0 spiro atoms. The third-order valence-corrected chi connectivity index (χ3v) is 3.19. The maximum absolute atomic E-state index is 12.4. The van der Waals surface area contributed by atoms with Crippen LogP contribution in [0.2, 0.25) is 0 Å². The Morgan fingerprint density at radius 3 is 2.36 bits per heavy atom. The van der Waals surface area contributed by atoms with Gasteiger partial charge in [-0.15, -0.1) is 0 Å². The number of rotatable bonds is 6. The Labute approximate surface area is 129 Å². The summed E-state index contributed by atoms with van der Waals surface area (Å²) in [6.45, 7) is 3.91. The van der Waals surface area contributed by atoms with E-state index in [0.29, 0.717) is 6.54 Å². The van der Waals surface area contributed by atoms with Crippen molar-refractivity contribution >= 4 is 17.9 Å². The van der Waals surface area contributed by atoms with Gasteiger partial charge in [0.25, 0.3) is 5.91 Å². The van der Waals surface area contributed by atoms with Crippen LogP contribution in [0.5, 0.6) is 0 Å². The molecule has 22 heavy (non-hydrogen) atoms. The number of nitrogens with one attached hydrogen (secondary N) is 1. The average Bonchev–Trinajstić information content (AvgIpc) is 2.47. The number of esters is 1. The van der Waals surface area contributed by atoms with Gasteiger partial charge in [-0.25, -0.2) is 9.59 Å². The first kappa shape index (κ1) is 17.6. The molecule has 0 aliphatic rings. The Morgan fingerprint density at radius 2 is 1.86 bits per heavy atom. The van der Waals surface area contributed by atoms with E-state index >= 15 is 0 Å². The summed E-state index contributed by atoms with van der Waals surface area (Å²) >= 11 is 0. The van der Waals surface area contributed by atoms with Crippen LogP contribution in [0.3, 0.4) is 0 Å². The number of carbonyl (C=O) groups excluding carboxylic acids is 3. The molecule has 0 aliphatic heterocycles. The van der Waals surface area contributed by atoms with Gasteiger partial charge in [0.2, 0.25) is 0 Å². The number of hydrogen-bond acceptors (Lipinski definition) is 5. The zero-order chi connectivity index (χ0) is 16.7. The fourth-order valence-electron chi connectivity index (χ4n) is 1.90. The number of nitrogens with zero attached hydrogens (tertiary/aromatic N) is 1. The van der Waals surface area contributed by atoms with Gasteiger partial charge >= 0.3 is 12.0 Å².